The quantitative estimate of drug-likeness (QED) is 0.640. The smallest absolute Gasteiger partial charge is 0.497 e. The van der Waals surface area contributed by atoms with Crippen LogP contribution in [-0.4, -0.2) is 28.2 Å². The standard InChI is InChI=1S/C17H15ClN2O4S/c1-3-12-15(13-8-9-14(18)25-13)20(19-16(12)24-17(21)22)10-4-6-11(23-2)7-5-10/h4-9H,3H2,1-2H3,(H,21,22). The van der Waals surface area contributed by atoms with Crippen molar-refractivity contribution in [3.05, 3.63) is 46.3 Å². The van der Waals surface area contributed by atoms with Crippen molar-refractivity contribution in [1.82, 2.24) is 9.78 Å². The first-order chi connectivity index (χ1) is 12.0. The number of hydrogen-bond acceptors (Lipinski definition) is 5. The van der Waals surface area contributed by atoms with Gasteiger partial charge in [-0.2, -0.15) is 0 Å². The maximum Gasteiger partial charge on any atom is 0.512 e. The molecule has 1 aromatic carbocycles. The average molecular weight is 379 g/mol. The lowest BCUT2D eigenvalue weighted by Gasteiger charge is -2.08. The summed E-state index contributed by atoms with van der Waals surface area (Å²) in [7, 11) is 1.59. The third kappa shape index (κ3) is 3.47. The molecule has 2 aromatic heterocycles. The number of ether oxygens (including phenoxy) is 2. The Morgan fingerprint density at radius 1 is 1.28 bits per heavy atom. The van der Waals surface area contributed by atoms with E-state index >= 15 is 0 Å². The van der Waals surface area contributed by atoms with Gasteiger partial charge in [-0.15, -0.1) is 16.4 Å². The highest BCUT2D eigenvalue weighted by atomic mass is 35.5. The summed E-state index contributed by atoms with van der Waals surface area (Å²) in [5.74, 6) is 0.791. The molecule has 0 aliphatic heterocycles. The highest BCUT2D eigenvalue weighted by Gasteiger charge is 2.23. The largest absolute Gasteiger partial charge is 0.512 e. The van der Waals surface area contributed by atoms with Crippen LogP contribution >= 0.6 is 22.9 Å². The number of benzene rings is 1. The summed E-state index contributed by atoms with van der Waals surface area (Å²) < 4.78 is 12.4. The molecule has 0 amide bonds. The molecule has 0 atom stereocenters. The predicted molar refractivity (Wildman–Crippen MR) is 96.5 cm³/mol. The highest BCUT2D eigenvalue weighted by molar-refractivity contribution is 7.19. The minimum Gasteiger partial charge on any atom is -0.497 e. The van der Waals surface area contributed by atoms with E-state index in [1.165, 1.54) is 11.3 Å². The van der Waals surface area contributed by atoms with Gasteiger partial charge >= 0.3 is 6.16 Å². The first-order valence-electron chi connectivity index (χ1n) is 7.46. The number of aromatic nitrogens is 2. The van der Waals surface area contributed by atoms with E-state index in [1.54, 1.807) is 17.9 Å². The number of thiophene rings is 1. The Balaban J connectivity index is 2.20. The van der Waals surface area contributed by atoms with E-state index in [1.807, 2.05) is 37.3 Å². The number of rotatable bonds is 5. The van der Waals surface area contributed by atoms with Crippen molar-refractivity contribution in [2.75, 3.05) is 7.11 Å². The van der Waals surface area contributed by atoms with Gasteiger partial charge in [-0.1, -0.05) is 18.5 Å². The number of halogens is 1. The molecule has 0 aliphatic carbocycles. The Labute approximate surface area is 153 Å². The lowest BCUT2D eigenvalue weighted by molar-refractivity contribution is 0.142. The van der Waals surface area contributed by atoms with Gasteiger partial charge in [0.1, 0.15) is 5.75 Å². The summed E-state index contributed by atoms with van der Waals surface area (Å²) in [5.41, 5.74) is 2.23. The van der Waals surface area contributed by atoms with Gasteiger partial charge in [0, 0.05) is 5.56 Å². The normalized spacial score (nSPS) is 10.7. The van der Waals surface area contributed by atoms with Gasteiger partial charge in [-0.3, -0.25) is 0 Å². The van der Waals surface area contributed by atoms with Crippen LogP contribution in [0.4, 0.5) is 4.79 Å². The molecule has 2 heterocycles. The number of hydrogen-bond donors (Lipinski definition) is 1. The van der Waals surface area contributed by atoms with E-state index in [9.17, 15) is 4.79 Å². The number of carbonyl (C=O) groups is 1. The van der Waals surface area contributed by atoms with Crippen molar-refractivity contribution < 1.29 is 19.4 Å². The lowest BCUT2D eigenvalue weighted by atomic mass is 10.1. The van der Waals surface area contributed by atoms with Crippen LogP contribution in [0.1, 0.15) is 12.5 Å². The predicted octanol–water partition coefficient (Wildman–Crippen LogP) is 4.88. The van der Waals surface area contributed by atoms with Gasteiger partial charge in [0.05, 0.1) is 27.7 Å². The van der Waals surface area contributed by atoms with Gasteiger partial charge in [0.15, 0.2) is 0 Å². The Bertz CT molecular complexity index is 902. The second-order valence-electron chi connectivity index (χ2n) is 5.07. The first kappa shape index (κ1) is 17.3. The van der Waals surface area contributed by atoms with Crippen LogP contribution in [0.2, 0.25) is 4.34 Å². The van der Waals surface area contributed by atoms with E-state index < -0.39 is 6.16 Å². The van der Waals surface area contributed by atoms with Crippen LogP contribution < -0.4 is 9.47 Å². The molecule has 3 rings (SSSR count). The van der Waals surface area contributed by atoms with E-state index in [0.29, 0.717) is 22.1 Å². The zero-order chi connectivity index (χ0) is 18.0. The van der Waals surface area contributed by atoms with Crippen molar-refractivity contribution in [3.63, 3.8) is 0 Å². The Morgan fingerprint density at radius 3 is 2.52 bits per heavy atom. The van der Waals surface area contributed by atoms with Gasteiger partial charge < -0.3 is 14.6 Å². The van der Waals surface area contributed by atoms with Crippen LogP contribution in [0.3, 0.4) is 0 Å². The minimum absolute atomic E-state index is 0.0744. The maximum absolute atomic E-state index is 11.0. The average Bonchev–Trinajstić information content (AvgIpc) is 3.17. The van der Waals surface area contributed by atoms with Gasteiger partial charge in [0.25, 0.3) is 0 Å². The molecule has 3 aromatic rings. The summed E-state index contributed by atoms with van der Waals surface area (Å²) in [4.78, 5) is 11.9. The van der Waals surface area contributed by atoms with Gasteiger partial charge in [-0.05, 0) is 42.8 Å². The number of methoxy groups -OCH3 is 1. The lowest BCUT2D eigenvalue weighted by Crippen LogP contribution is -2.05. The molecule has 0 radical (unpaired) electrons. The molecular formula is C17H15ClN2O4S. The molecule has 0 bridgehead atoms. The number of nitrogens with zero attached hydrogens (tertiary/aromatic N) is 2. The molecule has 0 saturated heterocycles. The second-order valence-corrected chi connectivity index (χ2v) is 6.78. The highest BCUT2D eigenvalue weighted by Crippen LogP contribution is 2.38. The summed E-state index contributed by atoms with van der Waals surface area (Å²) >= 11 is 7.48. The molecular weight excluding hydrogens is 364 g/mol. The SMILES string of the molecule is CCc1c(OC(=O)O)nn(-c2ccc(OC)cc2)c1-c1ccc(Cl)s1. The molecule has 0 spiro atoms. The van der Waals surface area contributed by atoms with E-state index in [2.05, 4.69) is 5.10 Å². The van der Waals surface area contributed by atoms with Crippen LogP contribution in [0.15, 0.2) is 36.4 Å². The zero-order valence-corrected chi connectivity index (χ0v) is 15.1. The van der Waals surface area contributed by atoms with Crippen molar-refractivity contribution in [2.45, 2.75) is 13.3 Å². The Kier molecular flexibility index (Phi) is 4.96. The van der Waals surface area contributed by atoms with Gasteiger partial charge in [-0.25, -0.2) is 9.48 Å². The summed E-state index contributed by atoms with van der Waals surface area (Å²) in [6.07, 6.45) is -0.839. The summed E-state index contributed by atoms with van der Waals surface area (Å²) in [6.45, 7) is 1.92. The molecule has 0 unspecified atom stereocenters. The van der Waals surface area contributed by atoms with E-state index in [-0.39, 0.29) is 5.88 Å². The molecule has 1 N–H and O–H groups in total. The van der Waals surface area contributed by atoms with Crippen LogP contribution in [0.5, 0.6) is 11.6 Å². The van der Waals surface area contributed by atoms with Crippen molar-refractivity contribution >= 4 is 29.1 Å². The molecule has 25 heavy (non-hydrogen) atoms. The third-order valence-electron chi connectivity index (χ3n) is 3.61. The van der Waals surface area contributed by atoms with Gasteiger partial charge in [0.2, 0.25) is 5.88 Å². The zero-order valence-electron chi connectivity index (χ0n) is 13.5. The minimum atomic E-state index is -1.40. The Morgan fingerprint density at radius 2 is 2.00 bits per heavy atom. The van der Waals surface area contributed by atoms with Crippen molar-refractivity contribution in [3.8, 4) is 27.9 Å². The van der Waals surface area contributed by atoms with Crippen molar-refractivity contribution in [1.29, 1.82) is 0 Å². The second kappa shape index (κ2) is 7.16. The third-order valence-corrected chi connectivity index (χ3v) is 4.85. The van der Waals surface area contributed by atoms with Crippen LogP contribution in [0, 0.1) is 0 Å². The molecule has 130 valence electrons. The van der Waals surface area contributed by atoms with Crippen LogP contribution in [0.25, 0.3) is 16.3 Å². The summed E-state index contributed by atoms with van der Waals surface area (Å²) in [6, 6.07) is 11.0. The fourth-order valence-corrected chi connectivity index (χ4v) is 3.62. The fraction of sp³-hybridized carbons (Fsp3) is 0.176. The molecule has 0 fully saturated rings. The molecule has 8 heteroatoms. The Hall–Kier alpha value is -2.51. The topological polar surface area (TPSA) is 73.6 Å². The van der Waals surface area contributed by atoms with Crippen molar-refractivity contribution in [2.24, 2.45) is 0 Å². The maximum atomic E-state index is 11.0. The van der Waals surface area contributed by atoms with Crippen LogP contribution in [-0.2, 0) is 6.42 Å². The van der Waals surface area contributed by atoms with E-state index in [0.717, 1.165) is 16.3 Å². The summed E-state index contributed by atoms with van der Waals surface area (Å²) in [5, 5.41) is 13.4. The monoisotopic (exact) mass is 378 g/mol. The molecule has 0 saturated carbocycles. The fourth-order valence-electron chi connectivity index (χ4n) is 2.52. The molecule has 6 nitrogen and oxygen atoms in total. The molecule has 0 aliphatic rings. The number of carboxylic acid groups (broad SMARTS) is 1. The first-order valence-corrected chi connectivity index (χ1v) is 8.65. The van der Waals surface area contributed by atoms with E-state index in [4.69, 9.17) is 26.2 Å².